The van der Waals surface area contributed by atoms with Crippen molar-refractivity contribution >= 4 is 0 Å². The molecule has 0 bridgehead atoms. The van der Waals surface area contributed by atoms with Crippen molar-refractivity contribution in [1.82, 2.24) is 0 Å². The maximum atomic E-state index is 9.56. The molecular formula is C23H35N. The Hall–Kier alpha value is -1.77. The standard InChI is InChI=1S/C23H35N/c1-10-19(14-18(7)17(5)6)22(20(11-2)16-24)15-21(12-3)23(8,9)13-4/h11,15,17-18H,1-2,12-14H2,3-9H3/b21-15-,22-20-. The van der Waals surface area contributed by atoms with Gasteiger partial charge in [-0.25, -0.2) is 0 Å². The fraction of sp³-hybridized carbons (Fsp3) is 0.565. The SMILES string of the molecule is C=C=C(CC(C)C(C)C)C(/C=C(/CC)C(C)(C)CC)=C(\C#N)C=C. The van der Waals surface area contributed by atoms with Crippen LogP contribution in [0.2, 0.25) is 0 Å². The molecule has 132 valence electrons. The van der Waals surface area contributed by atoms with Crippen LogP contribution in [0.15, 0.2) is 53.3 Å². The first-order valence-electron chi connectivity index (χ1n) is 9.05. The van der Waals surface area contributed by atoms with Gasteiger partial charge in [0.05, 0.1) is 11.6 Å². The topological polar surface area (TPSA) is 23.8 Å². The smallest absolute Gasteiger partial charge is 0.0998 e. The van der Waals surface area contributed by atoms with Crippen LogP contribution >= 0.6 is 0 Å². The molecule has 1 heteroatoms. The molecule has 0 aromatic carbocycles. The molecule has 0 saturated heterocycles. The third-order valence-corrected chi connectivity index (χ3v) is 5.27. The van der Waals surface area contributed by atoms with Crippen molar-refractivity contribution in [2.24, 2.45) is 17.3 Å². The van der Waals surface area contributed by atoms with Crippen molar-refractivity contribution in [1.29, 1.82) is 5.26 Å². The summed E-state index contributed by atoms with van der Waals surface area (Å²) in [7, 11) is 0. The fourth-order valence-electron chi connectivity index (χ4n) is 2.56. The van der Waals surface area contributed by atoms with E-state index in [0.29, 0.717) is 17.4 Å². The van der Waals surface area contributed by atoms with Gasteiger partial charge in [-0.05, 0) is 36.5 Å². The molecule has 0 N–H and O–H groups in total. The zero-order valence-electron chi connectivity index (χ0n) is 16.8. The summed E-state index contributed by atoms with van der Waals surface area (Å²) in [5.41, 5.74) is 7.12. The molecule has 0 saturated carbocycles. The van der Waals surface area contributed by atoms with E-state index >= 15 is 0 Å². The van der Waals surface area contributed by atoms with Crippen LogP contribution in [0.5, 0.6) is 0 Å². The van der Waals surface area contributed by atoms with Crippen molar-refractivity contribution in [2.75, 3.05) is 0 Å². The minimum Gasteiger partial charge on any atom is -0.192 e. The number of allylic oxidation sites excluding steroid dienone is 6. The first-order valence-corrected chi connectivity index (χ1v) is 9.05. The van der Waals surface area contributed by atoms with E-state index in [1.54, 1.807) is 6.08 Å². The van der Waals surface area contributed by atoms with E-state index < -0.39 is 0 Å². The first kappa shape index (κ1) is 22.2. The predicted octanol–water partition coefficient (Wildman–Crippen LogP) is 7.16. The van der Waals surface area contributed by atoms with Gasteiger partial charge >= 0.3 is 0 Å². The van der Waals surface area contributed by atoms with Gasteiger partial charge in [-0.1, -0.05) is 79.3 Å². The van der Waals surface area contributed by atoms with Crippen LogP contribution in [0.3, 0.4) is 0 Å². The monoisotopic (exact) mass is 325 g/mol. The maximum Gasteiger partial charge on any atom is 0.0998 e. The highest BCUT2D eigenvalue weighted by Crippen LogP contribution is 2.35. The summed E-state index contributed by atoms with van der Waals surface area (Å²) in [6.45, 7) is 23.3. The summed E-state index contributed by atoms with van der Waals surface area (Å²) < 4.78 is 0. The Morgan fingerprint density at radius 3 is 2.12 bits per heavy atom. The number of nitrogens with zero attached hydrogens (tertiary/aromatic N) is 1. The Bertz CT molecular complexity index is 584. The molecule has 0 aliphatic rings. The maximum absolute atomic E-state index is 9.56. The van der Waals surface area contributed by atoms with E-state index in [9.17, 15) is 5.26 Å². The van der Waals surface area contributed by atoms with Crippen LogP contribution in [0.4, 0.5) is 0 Å². The molecule has 0 aromatic rings. The van der Waals surface area contributed by atoms with E-state index in [1.807, 2.05) is 0 Å². The minimum absolute atomic E-state index is 0.109. The normalized spacial score (nSPS) is 14.5. The Morgan fingerprint density at radius 2 is 1.79 bits per heavy atom. The molecule has 0 aromatic heterocycles. The highest BCUT2D eigenvalue weighted by atomic mass is 14.3. The van der Waals surface area contributed by atoms with Crippen LogP contribution < -0.4 is 0 Å². The lowest BCUT2D eigenvalue weighted by Crippen LogP contribution is -2.14. The lowest BCUT2D eigenvalue weighted by molar-refractivity contribution is 0.414. The van der Waals surface area contributed by atoms with Crippen molar-refractivity contribution in [3.8, 4) is 6.07 Å². The summed E-state index contributed by atoms with van der Waals surface area (Å²) in [6, 6.07) is 2.30. The molecule has 0 amide bonds. The lowest BCUT2D eigenvalue weighted by atomic mass is 9.78. The number of hydrogen-bond acceptors (Lipinski definition) is 1. The molecule has 0 radical (unpaired) electrons. The van der Waals surface area contributed by atoms with E-state index in [2.05, 4.69) is 79.5 Å². The van der Waals surface area contributed by atoms with Crippen LogP contribution in [0.25, 0.3) is 0 Å². The molecule has 0 rings (SSSR count). The van der Waals surface area contributed by atoms with Crippen molar-refractivity contribution < 1.29 is 0 Å². The third-order valence-electron chi connectivity index (χ3n) is 5.27. The number of rotatable bonds is 9. The van der Waals surface area contributed by atoms with Gasteiger partial charge in [0.15, 0.2) is 0 Å². The molecule has 0 heterocycles. The van der Waals surface area contributed by atoms with E-state index in [1.165, 1.54) is 5.57 Å². The summed E-state index contributed by atoms with van der Waals surface area (Å²) in [5.74, 6) is 1.08. The second kappa shape index (κ2) is 10.2. The zero-order chi connectivity index (χ0) is 18.9. The van der Waals surface area contributed by atoms with Crippen molar-refractivity contribution in [2.45, 2.75) is 67.7 Å². The van der Waals surface area contributed by atoms with Gasteiger partial charge in [-0.15, -0.1) is 5.73 Å². The second-order valence-corrected chi connectivity index (χ2v) is 7.48. The quantitative estimate of drug-likeness (QED) is 0.251. The highest BCUT2D eigenvalue weighted by molar-refractivity contribution is 5.53. The Labute approximate surface area is 150 Å². The average molecular weight is 326 g/mol. The van der Waals surface area contributed by atoms with Gasteiger partial charge in [0.1, 0.15) is 0 Å². The average Bonchev–Trinajstić information content (AvgIpc) is 2.56. The van der Waals surface area contributed by atoms with Gasteiger partial charge in [-0.2, -0.15) is 5.26 Å². The molecule has 0 aliphatic carbocycles. The minimum atomic E-state index is 0.109. The summed E-state index contributed by atoms with van der Waals surface area (Å²) in [4.78, 5) is 0. The Morgan fingerprint density at radius 1 is 1.21 bits per heavy atom. The summed E-state index contributed by atoms with van der Waals surface area (Å²) in [5, 5.41) is 9.56. The Balaban J connectivity index is 6.26. The summed E-state index contributed by atoms with van der Waals surface area (Å²) >= 11 is 0. The van der Waals surface area contributed by atoms with Crippen molar-refractivity contribution in [3.05, 3.63) is 53.3 Å². The Kier molecular flexibility index (Phi) is 9.42. The highest BCUT2D eigenvalue weighted by Gasteiger charge is 2.22. The van der Waals surface area contributed by atoms with Gasteiger partial charge < -0.3 is 0 Å². The molecular weight excluding hydrogens is 290 g/mol. The van der Waals surface area contributed by atoms with Crippen LogP contribution in [0, 0.1) is 28.6 Å². The third kappa shape index (κ3) is 6.03. The number of nitriles is 1. The van der Waals surface area contributed by atoms with E-state index in [-0.39, 0.29) is 5.41 Å². The molecule has 1 nitrogen and oxygen atoms in total. The molecule has 0 aliphatic heterocycles. The summed E-state index contributed by atoms with van der Waals surface area (Å²) in [6.07, 6.45) is 6.73. The molecule has 0 spiro atoms. The van der Waals surface area contributed by atoms with Crippen LogP contribution in [-0.4, -0.2) is 0 Å². The fourth-order valence-corrected chi connectivity index (χ4v) is 2.56. The molecule has 1 unspecified atom stereocenters. The largest absolute Gasteiger partial charge is 0.192 e. The van der Waals surface area contributed by atoms with Crippen molar-refractivity contribution in [3.63, 3.8) is 0 Å². The van der Waals surface area contributed by atoms with Crippen LogP contribution in [0.1, 0.15) is 67.7 Å². The van der Waals surface area contributed by atoms with Gasteiger partial charge in [0.2, 0.25) is 0 Å². The predicted molar refractivity (Wildman–Crippen MR) is 107 cm³/mol. The van der Waals surface area contributed by atoms with E-state index in [4.69, 9.17) is 0 Å². The second-order valence-electron chi connectivity index (χ2n) is 7.48. The molecule has 24 heavy (non-hydrogen) atoms. The molecule has 1 atom stereocenters. The van der Waals surface area contributed by atoms with Crippen LogP contribution in [-0.2, 0) is 0 Å². The zero-order valence-corrected chi connectivity index (χ0v) is 16.8. The van der Waals surface area contributed by atoms with Gasteiger partial charge in [0.25, 0.3) is 0 Å². The van der Waals surface area contributed by atoms with E-state index in [0.717, 1.165) is 30.4 Å². The first-order chi connectivity index (χ1) is 11.2. The lowest BCUT2D eigenvalue weighted by Gasteiger charge is -2.27. The van der Waals surface area contributed by atoms with Gasteiger partial charge in [0, 0.05) is 11.1 Å². The van der Waals surface area contributed by atoms with Gasteiger partial charge in [-0.3, -0.25) is 0 Å². The molecule has 0 fully saturated rings. The number of hydrogen-bond donors (Lipinski definition) is 0.